The first kappa shape index (κ1) is 13.3. The van der Waals surface area contributed by atoms with Crippen molar-refractivity contribution in [3.63, 3.8) is 0 Å². The van der Waals surface area contributed by atoms with Crippen molar-refractivity contribution in [1.82, 2.24) is 4.98 Å². The summed E-state index contributed by atoms with van der Waals surface area (Å²) in [5, 5.41) is 0. The molecular weight excluding hydrogens is 242 g/mol. The van der Waals surface area contributed by atoms with E-state index in [1.807, 2.05) is 13.8 Å². The quantitative estimate of drug-likeness (QED) is 0.851. The number of anilines is 1. The van der Waals surface area contributed by atoms with Crippen molar-refractivity contribution in [3.8, 4) is 0 Å². The molecule has 1 saturated carbocycles. The molecule has 0 spiro atoms. The minimum Gasteiger partial charge on any atom is -0.389 e. The molecule has 0 aliphatic heterocycles. The molecule has 2 rings (SSSR count). The highest BCUT2D eigenvalue weighted by Crippen LogP contribution is 2.30. The second-order valence-corrected chi connectivity index (χ2v) is 5.60. The monoisotopic (exact) mass is 263 g/mol. The molecule has 1 fully saturated rings. The van der Waals surface area contributed by atoms with Crippen molar-refractivity contribution in [3.05, 3.63) is 23.0 Å². The molecule has 1 aliphatic rings. The van der Waals surface area contributed by atoms with Crippen molar-refractivity contribution in [2.45, 2.75) is 45.6 Å². The molecule has 0 unspecified atom stereocenters. The van der Waals surface area contributed by atoms with E-state index in [1.165, 1.54) is 25.7 Å². The zero-order valence-electron chi connectivity index (χ0n) is 11.4. The van der Waals surface area contributed by atoms with Crippen molar-refractivity contribution in [1.29, 1.82) is 0 Å². The fourth-order valence-corrected chi connectivity index (χ4v) is 3.13. The maximum Gasteiger partial charge on any atom is 0.107 e. The lowest BCUT2D eigenvalue weighted by Gasteiger charge is -2.29. The first-order valence-corrected chi connectivity index (χ1v) is 6.92. The van der Waals surface area contributed by atoms with E-state index in [4.69, 9.17) is 18.0 Å². The predicted molar refractivity (Wildman–Crippen MR) is 80.3 cm³/mol. The van der Waals surface area contributed by atoms with Crippen molar-refractivity contribution in [2.75, 3.05) is 11.9 Å². The summed E-state index contributed by atoms with van der Waals surface area (Å²) < 4.78 is 0. The van der Waals surface area contributed by atoms with Gasteiger partial charge in [0.15, 0.2) is 0 Å². The Balaban J connectivity index is 2.44. The van der Waals surface area contributed by atoms with Gasteiger partial charge < -0.3 is 10.6 Å². The SMILES string of the molecule is Cc1cc(N(C)C2CCCC2)c(C(N)=S)c(C)n1. The maximum atomic E-state index is 5.87. The van der Waals surface area contributed by atoms with Crippen LogP contribution in [-0.4, -0.2) is 23.1 Å². The molecule has 1 aliphatic carbocycles. The number of hydrogen-bond donors (Lipinski definition) is 1. The second-order valence-electron chi connectivity index (χ2n) is 5.16. The van der Waals surface area contributed by atoms with Gasteiger partial charge >= 0.3 is 0 Å². The van der Waals surface area contributed by atoms with Crippen LogP contribution in [0.3, 0.4) is 0 Å². The molecule has 2 N–H and O–H groups in total. The summed E-state index contributed by atoms with van der Waals surface area (Å²) in [6.45, 7) is 4.00. The molecule has 18 heavy (non-hydrogen) atoms. The van der Waals surface area contributed by atoms with Gasteiger partial charge in [-0.1, -0.05) is 25.1 Å². The van der Waals surface area contributed by atoms with Crippen LogP contribution in [0.25, 0.3) is 0 Å². The van der Waals surface area contributed by atoms with E-state index in [0.29, 0.717) is 11.0 Å². The van der Waals surface area contributed by atoms with Gasteiger partial charge in [-0.3, -0.25) is 4.98 Å². The van der Waals surface area contributed by atoms with E-state index in [0.717, 1.165) is 22.6 Å². The van der Waals surface area contributed by atoms with Crippen LogP contribution in [0.5, 0.6) is 0 Å². The van der Waals surface area contributed by atoms with Crippen molar-refractivity contribution in [2.24, 2.45) is 5.73 Å². The van der Waals surface area contributed by atoms with Crippen molar-refractivity contribution >= 4 is 22.9 Å². The standard InChI is InChI=1S/C14H21N3S/c1-9-8-12(13(14(15)18)10(2)16-9)17(3)11-6-4-5-7-11/h8,11H,4-7H2,1-3H3,(H2,15,18). The third-order valence-electron chi connectivity index (χ3n) is 3.81. The van der Waals surface area contributed by atoms with Gasteiger partial charge in [0.1, 0.15) is 4.99 Å². The molecule has 1 heterocycles. The summed E-state index contributed by atoms with van der Waals surface area (Å²) in [6.07, 6.45) is 5.16. The van der Waals surface area contributed by atoms with Crippen LogP contribution in [-0.2, 0) is 0 Å². The molecule has 0 bridgehead atoms. The number of thiocarbonyl (C=S) groups is 1. The average Bonchev–Trinajstić information content (AvgIpc) is 2.79. The number of rotatable bonds is 3. The second kappa shape index (κ2) is 5.22. The summed E-state index contributed by atoms with van der Waals surface area (Å²) >= 11 is 5.19. The van der Waals surface area contributed by atoms with E-state index in [2.05, 4.69) is 23.0 Å². The number of aryl methyl sites for hydroxylation is 2. The number of aromatic nitrogens is 1. The van der Waals surface area contributed by atoms with Crippen LogP contribution in [0, 0.1) is 13.8 Å². The average molecular weight is 263 g/mol. The van der Waals surface area contributed by atoms with E-state index in [-0.39, 0.29) is 0 Å². The van der Waals surface area contributed by atoms with Crippen LogP contribution in [0.2, 0.25) is 0 Å². The zero-order valence-corrected chi connectivity index (χ0v) is 12.2. The van der Waals surface area contributed by atoms with Crippen LogP contribution < -0.4 is 10.6 Å². The highest BCUT2D eigenvalue weighted by molar-refractivity contribution is 7.80. The number of pyridine rings is 1. The van der Waals surface area contributed by atoms with Gasteiger partial charge in [-0.2, -0.15) is 0 Å². The van der Waals surface area contributed by atoms with Gasteiger partial charge in [0.25, 0.3) is 0 Å². The first-order chi connectivity index (χ1) is 8.50. The Kier molecular flexibility index (Phi) is 3.85. The summed E-state index contributed by atoms with van der Waals surface area (Å²) in [4.78, 5) is 7.25. The Hall–Kier alpha value is -1.16. The van der Waals surface area contributed by atoms with Gasteiger partial charge in [-0.25, -0.2) is 0 Å². The highest BCUT2D eigenvalue weighted by Gasteiger charge is 2.23. The van der Waals surface area contributed by atoms with E-state index < -0.39 is 0 Å². The number of hydrogen-bond acceptors (Lipinski definition) is 3. The fraction of sp³-hybridized carbons (Fsp3) is 0.571. The van der Waals surface area contributed by atoms with Gasteiger partial charge in [0, 0.05) is 24.5 Å². The largest absolute Gasteiger partial charge is 0.389 e. The minimum absolute atomic E-state index is 0.444. The molecule has 0 atom stereocenters. The van der Waals surface area contributed by atoms with Gasteiger partial charge in [0.2, 0.25) is 0 Å². The third-order valence-corrected chi connectivity index (χ3v) is 4.01. The molecule has 1 aromatic rings. The molecule has 0 saturated heterocycles. The summed E-state index contributed by atoms with van der Waals surface area (Å²) in [5.74, 6) is 0. The topological polar surface area (TPSA) is 42.1 Å². The predicted octanol–water partition coefficient (Wildman–Crippen LogP) is 2.71. The Morgan fingerprint density at radius 1 is 1.39 bits per heavy atom. The van der Waals surface area contributed by atoms with E-state index >= 15 is 0 Å². The lowest BCUT2D eigenvalue weighted by Crippen LogP contribution is -2.31. The van der Waals surface area contributed by atoms with Crippen LogP contribution in [0.1, 0.15) is 42.6 Å². The number of nitrogens with two attached hydrogens (primary N) is 1. The first-order valence-electron chi connectivity index (χ1n) is 6.51. The van der Waals surface area contributed by atoms with Gasteiger partial charge in [-0.05, 0) is 32.8 Å². The van der Waals surface area contributed by atoms with E-state index in [9.17, 15) is 0 Å². The smallest absolute Gasteiger partial charge is 0.107 e. The molecule has 0 aromatic carbocycles. The number of nitrogens with zero attached hydrogens (tertiary/aromatic N) is 2. The van der Waals surface area contributed by atoms with Gasteiger partial charge in [0.05, 0.1) is 11.3 Å². The lowest BCUT2D eigenvalue weighted by atomic mass is 10.1. The molecule has 98 valence electrons. The zero-order chi connectivity index (χ0) is 13.3. The molecule has 4 heteroatoms. The highest BCUT2D eigenvalue weighted by atomic mass is 32.1. The van der Waals surface area contributed by atoms with Crippen molar-refractivity contribution < 1.29 is 0 Å². The van der Waals surface area contributed by atoms with E-state index in [1.54, 1.807) is 0 Å². The molecule has 3 nitrogen and oxygen atoms in total. The Labute approximate surface area is 114 Å². The maximum absolute atomic E-state index is 5.87. The molecular formula is C14H21N3S. The molecule has 1 aromatic heterocycles. The minimum atomic E-state index is 0.444. The molecule has 0 radical (unpaired) electrons. The van der Waals surface area contributed by atoms with Crippen LogP contribution in [0.4, 0.5) is 5.69 Å². The third kappa shape index (κ3) is 2.48. The lowest BCUT2D eigenvalue weighted by molar-refractivity contribution is 0.652. The Morgan fingerprint density at radius 3 is 2.56 bits per heavy atom. The summed E-state index contributed by atoms with van der Waals surface area (Å²) in [6, 6.07) is 2.71. The fourth-order valence-electron chi connectivity index (χ4n) is 2.88. The summed E-state index contributed by atoms with van der Waals surface area (Å²) in [5.41, 5.74) is 9.89. The Morgan fingerprint density at radius 2 is 2.00 bits per heavy atom. The summed E-state index contributed by atoms with van der Waals surface area (Å²) in [7, 11) is 2.14. The normalized spacial score (nSPS) is 15.9. The molecule has 0 amide bonds. The Bertz CT molecular complexity index is 464. The van der Waals surface area contributed by atoms with Crippen LogP contribution in [0.15, 0.2) is 6.07 Å². The van der Waals surface area contributed by atoms with Gasteiger partial charge in [-0.15, -0.1) is 0 Å². The van der Waals surface area contributed by atoms with Crippen LogP contribution >= 0.6 is 12.2 Å².